The average Bonchev–Trinajstić information content (AvgIpc) is 3.21. The number of hydrogen-bond acceptors (Lipinski definition) is 5. The van der Waals surface area contributed by atoms with Crippen LogP contribution in [0.5, 0.6) is 0 Å². The van der Waals surface area contributed by atoms with Gasteiger partial charge in [-0.2, -0.15) is 0 Å². The van der Waals surface area contributed by atoms with Crippen LogP contribution in [-0.4, -0.2) is 29.7 Å². The molecular formula is C16H23N3O2. The minimum atomic E-state index is 0.219. The first-order valence-corrected chi connectivity index (χ1v) is 7.67. The molecule has 0 unspecified atom stereocenters. The molecule has 1 aliphatic rings. The minimum Gasteiger partial charge on any atom is -0.468 e. The van der Waals surface area contributed by atoms with Gasteiger partial charge in [0.25, 0.3) is 0 Å². The first-order chi connectivity index (χ1) is 10.3. The van der Waals surface area contributed by atoms with Crippen LogP contribution in [0.15, 0.2) is 33.6 Å². The van der Waals surface area contributed by atoms with E-state index in [2.05, 4.69) is 28.4 Å². The lowest BCUT2D eigenvalue weighted by atomic mass is 10.1. The van der Waals surface area contributed by atoms with Crippen molar-refractivity contribution in [3.63, 3.8) is 0 Å². The lowest BCUT2D eigenvalue weighted by molar-refractivity contribution is 0.205. The van der Waals surface area contributed by atoms with E-state index in [-0.39, 0.29) is 6.04 Å². The molecule has 0 radical (unpaired) electrons. The molecule has 0 spiro atoms. The first kappa shape index (κ1) is 14.4. The van der Waals surface area contributed by atoms with Crippen molar-refractivity contribution in [1.82, 2.24) is 15.4 Å². The van der Waals surface area contributed by atoms with E-state index in [9.17, 15) is 0 Å². The number of hydrogen-bond donors (Lipinski definition) is 1. The quantitative estimate of drug-likeness (QED) is 0.885. The molecule has 0 saturated carbocycles. The maximum atomic E-state index is 5.64. The first-order valence-electron chi connectivity index (χ1n) is 7.67. The largest absolute Gasteiger partial charge is 0.468 e. The van der Waals surface area contributed by atoms with Gasteiger partial charge >= 0.3 is 0 Å². The molecule has 114 valence electrons. The zero-order valence-corrected chi connectivity index (χ0v) is 12.7. The van der Waals surface area contributed by atoms with Gasteiger partial charge in [-0.3, -0.25) is 4.90 Å². The van der Waals surface area contributed by atoms with Gasteiger partial charge in [0.15, 0.2) is 0 Å². The van der Waals surface area contributed by atoms with E-state index < -0.39 is 0 Å². The van der Waals surface area contributed by atoms with Crippen LogP contribution in [-0.2, 0) is 0 Å². The van der Waals surface area contributed by atoms with Gasteiger partial charge in [0.1, 0.15) is 12.0 Å². The fraction of sp³-hybridized carbons (Fsp3) is 0.562. The van der Waals surface area contributed by atoms with Crippen LogP contribution in [0.1, 0.15) is 48.9 Å². The Kier molecular flexibility index (Phi) is 4.41. The molecule has 0 aliphatic carbocycles. The molecule has 3 heterocycles. The second-order valence-electron chi connectivity index (χ2n) is 5.76. The Labute approximate surface area is 125 Å². The summed E-state index contributed by atoms with van der Waals surface area (Å²) in [6, 6.07) is 4.55. The van der Waals surface area contributed by atoms with Crippen molar-refractivity contribution in [1.29, 1.82) is 0 Å². The fourth-order valence-electron chi connectivity index (χ4n) is 3.06. The third-order valence-corrected chi connectivity index (χ3v) is 4.32. The number of likely N-dealkylation sites (tertiary alicyclic amines) is 1. The van der Waals surface area contributed by atoms with Crippen LogP contribution < -0.4 is 5.32 Å². The molecule has 2 atom stereocenters. The van der Waals surface area contributed by atoms with Gasteiger partial charge in [-0.05, 0) is 51.9 Å². The number of rotatable bonds is 6. The monoisotopic (exact) mass is 289 g/mol. The van der Waals surface area contributed by atoms with Crippen molar-refractivity contribution in [3.8, 4) is 0 Å². The fourth-order valence-corrected chi connectivity index (χ4v) is 3.06. The second kappa shape index (κ2) is 6.45. The third kappa shape index (κ3) is 3.19. The smallest absolute Gasteiger partial charge is 0.128 e. The third-order valence-electron chi connectivity index (χ3n) is 4.32. The number of nitrogens with zero attached hydrogens (tertiary/aromatic N) is 2. The molecule has 3 rings (SSSR count). The summed E-state index contributed by atoms with van der Waals surface area (Å²) >= 11 is 0. The van der Waals surface area contributed by atoms with Crippen molar-refractivity contribution < 1.29 is 8.94 Å². The van der Waals surface area contributed by atoms with Crippen molar-refractivity contribution in [3.05, 3.63) is 41.7 Å². The van der Waals surface area contributed by atoms with Crippen LogP contribution in [0, 0.1) is 6.92 Å². The Morgan fingerprint density at radius 1 is 1.38 bits per heavy atom. The van der Waals surface area contributed by atoms with Gasteiger partial charge in [0.05, 0.1) is 18.0 Å². The lowest BCUT2D eigenvalue weighted by Gasteiger charge is -2.27. The summed E-state index contributed by atoms with van der Waals surface area (Å²) in [5.74, 6) is 1.04. The van der Waals surface area contributed by atoms with E-state index in [0.717, 1.165) is 36.7 Å². The van der Waals surface area contributed by atoms with Crippen LogP contribution >= 0.6 is 0 Å². The summed E-state index contributed by atoms with van der Waals surface area (Å²) in [7, 11) is 0. The number of nitrogens with one attached hydrogen (secondary N) is 1. The standard InChI is InChI=1S/C16H23N3O2/c1-12(14-11-21-18-13(14)2)17-10-15(16-6-5-9-20-16)19-7-3-4-8-19/h5-6,9,11-12,15,17H,3-4,7-8,10H2,1-2H3/t12-,15+/m0/s1. The topological polar surface area (TPSA) is 54.4 Å². The highest BCUT2D eigenvalue weighted by molar-refractivity contribution is 5.17. The van der Waals surface area contributed by atoms with E-state index >= 15 is 0 Å². The van der Waals surface area contributed by atoms with Gasteiger partial charge in [-0.15, -0.1) is 0 Å². The minimum absolute atomic E-state index is 0.219. The van der Waals surface area contributed by atoms with E-state index in [0.29, 0.717) is 6.04 Å². The molecule has 1 aliphatic heterocycles. The van der Waals surface area contributed by atoms with E-state index in [1.807, 2.05) is 13.0 Å². The molecule has 2 aromatic rings. The van der Waals surface area contributed by atoms with Gasteiger partial charge < -0.3 is 14.3 Å². The zero-order chi connectivity index (χ0) is 14.7. The van der Waals surface area contributed by atoms with Crippen molar-refractivity contribution in [2.45, 2.75) is 38.8 Å². The SMILES string of the molecule is Cc1nocc1[C@H](C)NC[C@H](c1ccco1)N1CCCC1. The zero-order valence-electron chi connectivity index (χ0n) is 12.7. The lowest BCUT2D eigenvalue weighted by Crippen LogP contribution is -2.35. The molecule has 0 amide bonds. The predicted octanol–water partition coefficient (Wildman–Crippen LogP) is 3.06. The molecule has 0 bridgehead atoms. The molecular weight excluding hydrogens is 266 g/mol. The Morgan fingerprint density at radius 3 is 2.81 bits per heavy atom. The summed E-state index contributed by atoms with van der Waals surface area (Å²) in [6.07, 6.45) is 6.03. The molecule has 0 aromatic carbocycles. The Balaban J connectivity index is 1.66. The molecule has 1 fully saturated rings. The number of aryl methyl sites for hydroxylation is 1. The highest BCUT2D eigenvalue weighted by Crippen LogP contribution is 2.26. The van der Waals surface area contributed by atoms with Gasteiger partial charge in [-0.25, -0.2) is 0 Å². The van der Waals surface area contributed by atoms with Crippen LogP contribution in [0.3, 0.4) is 0 Å². The van der Waals surface area contributed by atoms with Crippen molar-refractivity contribution >= 4 is 0 Å². The summed E-state index contributed by atoms with van der Waals surface area (Å²) in [4.78, 5) is 2.50. The van der Waals surface area contributed by atoms with Crippen LogP contribution in [0.4, 0.5) is 0 Å². The molecule has 2 aromatic heterocycles. The molecule has 21 heavy (non-hydrogen) atoms. The predicted molar refractivity (Wildman–Crippen MR) is 79.9 cm³/mol. The molecule has 5 nitrogen and oxygen atoms in total. The summed E-state index contributed by atoms with van der Waals surface area (Å²) in [5, 5.41) is 7.54. The van der Waals surface area contributed by atoms with Crippen LogP contribution in [0.25, 0.3) is 0 Å². The highest BCUT2D eigenvalue weighted by atomic mass is 16.5. The number of furan rings is 1. The molecule has 1 N–H and O–H groups in total. The normalized spacial score (nSPS) is 19.0. The molecule has 5 heteroatoms. The number of aromatic nitrogens is 1. The Hall–Kier alpha value is -1.59. The molecule has 1 saturated heterocycles. The summed E-state index contributed by atoms with van der Waals surface area (Å²) in [5.41, 5.74) is 2.07. The second-order valence-corrected chi connectivity index (χ2v) is 5.76. The van der Waals surface area contributed by atoms with Crippen molar-refractivity contribution in [2.75, 3.05) is 19.6 Å². The Bertz CT molecular complexity index is 544. The summed E-state index contributed by atoms with van der Waals surface area (Å²) < 4.78 is 10.7. The van der Waals surface area contributed by atoms with Crippen LogP contribution in [0.2, 0.25) is 0 Å². The average molecular weight is 289 g/mol. The van der Waals surface area contributed by atoms with Gasteiger partial charge in [0, 0.05) is 18.2 Å². The maximum Gasteiger partial charge on any atom is 0.128 e. The highest BCUT2D eigenvalue weighted by Gasteiger charge is 2.26. The van der Waals surface area contributed by atoms with E-state index in [4.69, 9.17) is 8.94 Å². The summed E-state index contributed by atoms with van der Waals surface area (Å²) in [6.45, 7) is 7.27. The maximum absolute atomic E-state index is 5.64. The van der Waals surface area contributed by atoms with Gasteiger partial charge in [-0.1, -0.05) is 5.16 Å². The van der Waals surface area contributed by atoms with Gasteiger partial charge in [0.2, 0.25) is 0 Å². The van der Waals surface area contributed by atoms with Crippen molar-refractivity contribution in [2.24, 2.45) is 0 Å². The Morgan fingerprint density at radius 2 is 2.19 bits per heavy atom. The van der Waals surface area contributed by atoms with E-state index in [1.165, 1.54) is 12.8 Å². The van der Waals surface area contributed by atoms with E-state index in [1.54, 1.807) is 12.5 Å².